The molecule has 2 rings (SSSR count). The molecule has 0 amide bonds. The lowest BCUT2D eigenvalue weighted by Gasteiger charge is -2.20. The van der Waals surface area contributed by atoms with E-state index in [-0.39, 0.29) is 25.6 Å². The van der Waals surface area contributed by atoms with E-state index in [0.717, 1.165) is 4.57 Å². The molecule has 4 N–H and O–H groups in total. The number of rotatable bonds is 8. The SMILES string of the molecule is CCOP(=O)(OCC)OC[C@H]1O[C@@H](n2ccc(N)nc2=O)[C@@H](O)[C@@H]1O. The molecule has 1 aromatic heterocycles. The molecule has 0 aliphatic carbocycles. The monoisotopic (exact) mass is 379 g/mol. The number of ether oxygens (including phenoxy) is 1. The van der Waals surface area contributed by atoms with Crippen molar-refractivity contribution < 1.29 is 33.1 Å². The van der Waals surface area contributed by atoms with Crippen LogP contribution in [0.15, 0.2) is 17.1 Å². The van der Waals surface area contributed by atoms with Gasteiger partial charge < -0.3 is 20.7 Å². The zero-order valence-corrected chi connectivity index (χ0v) is 14.7. The van der Waals surface area contributed by atoms with Gasteiger partial charge in [0.1, 0.15) is 24.1 Å². The fourth-order valence-corrected chi connectivity index (χ4v) is 3.49. The van der Waals surface area contributed by atoms with Gasteiger partial charge in [-0.3, -0.25) is 18.1 Å². The summed E-state index contributed by atoms with van der Waals surface area (Å²) in [6, 6.07) is 1.35. The summed E-state index contributed by atoms with van der Waals surface area (Å²) < 4.78 is 33.8. The van der Waals surface area contributed by atoms with Crippen molar-refractivity contribution in [3.05, 3.63) is 22.7 Å². The van der Waals surface area contributed by atoms with Gasteiger partial charge in [0.15, 0.2) is 6.23 Å². The van der Waals surface area contributed by atoms with Gasteiger partial charge in [-0.05, 0) is 19.9 Å². The van der Waals surface area contributed by atoms with E-state index < -0.39 is 38.1 Å². The molecule has 0 aromatic carbocycles. The van der Waals surface area contributed by atoms with Crippen LogP contribution < -0.4 is 11.4 Å². The lowest BCUT2D eigenvalue weighted by Crippen LogP contribution is -2.36. The van der Waals surface area contributed by atoms with E-state index in [1.54, 1.807) is 13.8 Å². The van der Waals surface area contributed by atoms with Gasteiger partial charge in [-0.25, -0.2) is 9.36 Å². The van der Waals surface area contributed by atoms with E-state index in [1.807, 2.05) is 0 Å². The van der Waals surface area contributed by atoms with Gasteiger partial charge >= 0.3 is 13.5 Å². The van der Waals surface area contributed by atoms with E-state index in [1.165, 1.54) is 12.3 Å². The van der Waals surface area contributed by atoms with Crippen LogP contribution in [0.1, 0.15) is 20.1 Å². The average molecular weight is 379 g/mol. The number of aliphatic hydroxyl groups is 2. The van der Waals surface area contributed by atoms with Gasteiger partial charge in [-0.1, -0.05) is 0 Å². The Hall–Kier alpha value is -1.33. The molecule has 1 fully saturated rings. The summed E-state index contributed by atoms with van der Waals surface area (Å²) >= 11 is 0. The van der Waals surface area contributed by atoms with Crippen molar-refractivity contribution in [2.75, 3.05) is 25.6 Å². The van der Waals surface area contributed by atoms with E-state index >= 15 is 0 Å². The van der Waals surface area contributed by atoms with Gasteiger partial charge in [-0.2, -0.15) is 4.98 Å². The number of aliphatic hydroxyl groups excluding tert-OH is 2. The number of nitrogens with two attached hydrogens (primary N) is 1. The van der Waals surface area contributed by atoms with E-state index in [9.17, 15) is 19.6 Å². The number of nitrogen functional groups attached to an aromatic ring is 1. The van der Waals surface area contributed by atoms with E-state index in [0.29, 0.717) is 0 Å². The summed E-state index contributed by atoms with van der Waals surface area (Å²) in [5.41, 5.74) is 4.67. The van der Waals surface area contributed by atoms with E-state index in [4.69, 9.17) is 24.0 Å². The Balaban J connectivity index is 2.09. The van der Waals surface area contributed by atoms with Crippen molar-refractivity contribution in [3.63, 3.8) is 0 Å². The van der Waals surface area contributed by atoms with E-state index in [2.05, 4.69) is 4.98 Å². The molecule has 11 nitrogen and oxygen atoms in total. The third kappa shape index (κ3) is 4.64. The molecule has 1 aromatic rings. The lowest BCUT2D eigenvalue weighted by molar-refractivity contribution is -0.0560. The van der Waals surface area contributed by atoms with Gasteiger partial charge in [-0.15, -0.1) is 0 Å². The van der Waals surface area contributed by atoms with Crippen LogP contribution in [0.4, 0.5) is 5.82 Å². The fraction of sp³-hybridized carbons (Fsp3) is 0.692. The highest BCUT2D eigenvalue weighted by Gasteiger charge is 2.45. The highest BCUT2D eigenvalue weighted by molar-refractivity contribution is 7.48. The second kappa shape index (κ2) is 8.37. The van der Waals surface area contributed by atoms with Crippen molar-refractivity contribution in [1.82, 2.24) is 9.55 Å². The Kier molecular flexibility index (Phi) is 6.69. The minimum absolute atomic E-state index is 0.0172. The van der Waals surface area contributed by atoms with Crippen LogP contribution >= 0.6 is 7.82 Å². The first-order valence-corrected chi connectivity index (χ1v) is 9.17. The first-order chi connectivity index (χ1) is 11.8. The Morgan fingerprint density at radius 2 is 1.92 bits per heavy atom. The molecule has 1 aliphatic heterocycles. The van der Waals surface area contributed by atoms with Gasteiger partial charge in [0.05, 0.1) is 19.8 Å². The average Bonchev–Trinajstić information content (AvgIpc) is 2.82. The van der Waals surface area contributed by atoms with Crippen LogP contribution in [0.2, 0.25) is 0 Å². The first-order valence-electron chi connectivity index (χ1n) is 7.71. The summed E-state index contributed by atoms with van der Waals surface area (Å²) in [7, 11) is -3.80. The number of phosphoric acid groups is 1. The summed E-state index contributed by atoms with van der Waals surface area (Å²) in [6.45, 7) is 3.07. The maximum absolute atomic E-state index is 12.3. The molecule has 25 heavy (non-hydrogen) atoms. The predicted octanol–water partition coefficient (Wildman–Crippen LogP) is -0.358. The Morgan fingerprint density at radius 1 is 1.28 bits per heavy atom. The third-order valence-electron chi connectivity index (χ3n) is 3.43. The van der Waals surface area contributed by atoms with Crippen LogP contribution in [0.5, 0.6) is 0 Å². The number of hydrogen-bond donors (Lipinski definition) is 3. The van der Waals surface area contributed by atoms with Crippen molar-refractivity contribution in [3.8, 4) is 0 Å². The minimum atomic E-state index is -3.80. The van der Waals surface area contributed by atoms with Crippen molar-refractivity contribution in [1.29, 1.82) is 0 Å². The second-order valence-electron chi connectivity index (χ2n) is 5.17. The lowest BCUT2D eigenvalue weighted by atomic mass is 10.1. The van der Waals surface area contributed by atoms with Crippen molar-refractivity contribution in [2.45, 2.75) is 38.4 Å². The number of aromatic nitrogens is 2. The smallest absolute Gasteiger partial charge is 0.387 e. The molecule has 4 atom stereocenters. The summed E-state index contributed by atoms with van der Waals surface area (Å²) in [6.07, 6.45) is -3.76. The largest absolute Gasteiger partial charge is 0.474 e. The van der Waals surface area contributed by atoms with Gasteiger partial charge in [0.25, 0.3) is 0 Å². The highest BCUT2D eigenvalue weighted by atomic mass is 31.2. The van der Waals surface area contributed by atoms with Gasteiger partial charge in [0, 0.05) is 6.20 Å². The number of anilines is 1. The molecule has 1 saturated heterocycles. The molecular formula is C13H22N3O8P. The zero-order chi connectivity index (χ0) is 18.6. The molecule has 2 heterocycles. The van der Waals surface area contributed by atoms with Crippen LogP contribution in [0.3, 0.4) is 0 Å². The third-order valence-corrected chi connectivity index (χ3v) is 5.05. The topological polar surface area (TPSA) is 155 Å². The number of phosphoric ester groups is 1. The summed E-state index contributed by atoms with van der Waals surface area (Å²) in [4.78, 5) is 15.4. The summed E-state index contributed by atoms with van der Waals surface area (Å²) in [5.74, 6) is 0.0172. The molecule has 142 valence electrons. The number of nitrogens with zero attached hydrogens (tertiary/aromatic N) is 2. The first kappa shape index (κ1) is 20.0. The van der Waals surface area contributed by atoms with Crippen LogP contribution in [-0.4, -0.2) is 57.9 Å². The Bertz CT molecular complexity index is 673. The second-order valence-corrected chi connectivity index (χ2v) is 6.84. The molecule has 0 saturated carbocycles. The normalized spacial score (nSPS) is 26.9. The molecule has 1 aliphatic rings. The molecule has 0 radical (unpaired) electrons. The fourth-order valence-electron chi connectivity index (χ4n) is 2.31. The summed E-state index contributed by atoms with van der Waals surface area (Å²) in [5, 5.41) is 20.2. The highest BCUT2D eigenvalue weighted by Crippen LogP contribution is 2.49. The molecule has 0 spiro atoms. The van der Waals surface area contributed by atoms with Crippen LogP contribution in [0, 0.1) is 0 Å². The maximum atomic E-state index is 12.3. The quantitative estimate of drug-likeness (QED) is 0.510. The van der Waals surface area contributed by atoms with Crippen molar-refractivity contribution in [2.24, 2.45) is 0 Å². The van der Waals surface area contributed by atoms with Gasteiger partial charge in [0.2, 0.25) is 0 Å². The standard InChI is InChI=1S/C13H22N3O8P/c1-3-21-25(20,22-4-2)23-7-8-10(17)11(18)12(24-8)16-6-5-9(14)15-13(16)19/h5-6,8,10-12,17-18H,3-4,7H2,1-2H3,(H2,14,15,19)/t8-,10-,11+,12-/m1/s1. The molecule has 0 bridgehead atoms. The van der Waals surface area contributed by atoms with Crippen LogP contribution in [-0.2, 0) is 22.9 Å². The predicted molar refractivity (Wildman–Crippen MR) is 85.6 cm³/mol. The molecule has 0 unspecified atom stereocenters. The van der Waals surface area contributed by atoms with Crippen LogP contribution in [0.25, 0.3) is 0 Å². The Morgan fingerprint density at radius 3 is 2.48 bits per heavy atom. The molecular weight excluding hydrogens is 357 g/mol. The Labute approximate surface area is 143 Å². The minimum Gasteiger partial charge on any atom is -0.387 e. The zero-order valence-electron chi connectivity index (χ0n) is 13.8. The van der Waals surface area contributed by atoms with Crippen molar-refractivity contribution >= 4 is 13.6 Å². The number of hydrogen-bond acceptors (Lipinski definition) is 10. The molecule has 12 heteroatoms. The maximum Gasteiger partial charge on any atom is 0.474 e.